The Bertz CT molecular complexity index is 1130. The molecule has 0 spiro atoms. The molecule has 6 heteroatoms. The third-order valence-electron chi connectivity index (χ3n) is 4.74. The normalized spacial score (nSPS) is 11.2. The summed E-state index contributed by atoms with van der Waals surface area (Å²) < 4.78 is 15.8. The summed E-state index contributed by atoms with van der Waals surface area (Å²) >= 11 is 0. The van der Waals surface area contributed by atoms with Crippen LogP contribution in [0.25, 0.3) is 18.2 Å². The maximum absolute atomic E-state index is 12.3. The molecular weight excluding hydrogens is 456 g/mol. The predicted molar refractivity (Wildman–Crippen MR) is 138 cm³/mol. The van der Waals surface area contributed by atoms with Crippen LogP contribution >= 0.6 is 0 Å². The van der Waals surface area contributed by atoms with Crippen LogP contribution in [0.1, 0.15) is 16.7 Å². The van der Waals surface area contributed by atoms with Crippen LogP contribution < -0.4 is 0 Å². The van der Waals surface area contributed by atoms with Crippen molar-refractivity contribution < 1.29 is 28.6 Å². The zero-order valence-corrected chi connectivity index (χ0v) is 19.6. The Hall–Kier alpha value is -4.71. The molecule has 0 aliphatic carbocycles. The molecule has 0 aromatic heterocycles. The second kappa shape index (κ2) is 14.5. The van der Waals surface area contributed by atoms with E-state index in [0.717, 1.165) is 16.7 Å². The highest BCUT2D eigenvalue weighted by Gasteiger charge is 2.17. The Labute approximate surface area is 210 Å². The summed E-state index contributed by atoms with van der Waals surface area (Å²) in [6.45, 7) is -0.558. The van der Waals surface area contributed by atoms with Crippen molar-refractivity contribution in [3.63, 3.8) is 0 Å². The third kappa shape index (κ3) is 10.1. The number of esters is 3. The van der Waals surface area contributed by atoms with E-state index in [1.165, 1.54) is 18.2 Å². The van der Waals surface area contributed by atoms with E-state index in [0.29, 0.717) is 0 Å². The highest BCUT2D eigenvalue weighted by molar-refractivity contribution is 5.88. The number of hydrogen-bond acceptors (Lipinski definition) is 6. The van der Waals surface area contributed by atoms with Crippen LogP contribution in [0.3, 0.4) is 0 Å². The van der Waals surface area contributed by atoms with E-state index in [2.05, 4.69) is 0 Å². The molecule has 0 heterocycles. The lowest BCUT2D eigenvalue weighted by Crippen LogP contribution is -2.29. The number of rotatable bonds is 11. The fourth-order valence-corrected chi connectivity index (χ4v) is 2.95. The maximum Gasteiger partial charge on any atom is 0.331 e. The molecule has 36 heavy (non-hydrogen) atoms. The molecule has 0 saturated carbocycles. The topological polar surface area (TPSA) is 78.9 Å². The van der Waals surface area contributed by atoms with E-state index in [4.69, 9.17) is 14.2 Å². The molecule has 3 aromatic rings. The van der Waals surface area contributed by atoms with Gasteiger partial charge in [-0.3, -0.25) is 0 Å². The maximum atomic E-state index is 12.3. The van der Waals surface area contributed by atoms with Gasteiger partial charge in [-0.15, -0.1) is 0 Å². The van der Waals surface area contributed by atoms with Gasteiger partial charge in [-0.2, -0.15) is 0 Å². The lowest BCUT2D eigenvalue weighted by Gasteiger charge is -2.16. The second-order valence-electron chi connectivity index (χ2n) is 7.55. The van der Waals surface area contributed by atoms with Gasteiger partial charge in [-0.1, -0.05) is 91.0 Å². The Balaban J connectivity index is 1.56. The summed E-state index contributed by atoms with van der Waals surface area (Å²) in [7, 11) is 0. The number of carbonyl (C=O) groups is 3. The van der Waals surface area contributed by atoms with Crippen molar-refractivity contribution in [3.05, 3.63) is 126 Å². The van der Waals surface area contributed by atoms with Gasteiger partial charge >= 0.3 is 17.9 Å². The first-order valence-electron chi connectivity index (χ1n) is 11.3. The van der Waals surface area contributed by atoms with Crippen LogP contribution in [-0.4, -0.2) is 37.2 Å². The lowest BCUT2D eigenvalue weighted by atomic mass is 10.2. The van der Waals surface area contributed by atoms with Crippen LogP contribution in [0.5, 0.6) is 0 Å². The van der Waals surface area contributed by atoms with E-state index in [1.807, 2.05) is 91.0 Å². The van der Waals surface area contributed by atoms with Crippen LogP contribution in [-0.2, 0) is 28.6 Å². The summed E-state index contributed by atoms with van der Waals surface area (Å²) in [6.07, 6.45) is 7.65. The SMILES string of the molecule is O=C(/C=C\c1ccccc1)OC(COC(=O)/C=C/c1ccccc1)COC(=O)/C=C/c1ccccc1. The van der Waals surface area contributed by atoms with Gasteiger partial charge in [0, 0.05) is 18.2 Å². The van der Waals surface area contributed by atoms with Crippen molar-refractivity contribution in [2.24, 2.45) is 0 Å². The summed E-state index contributed by atoms with van der Waals surface area (Å²) in [5.74, 6) is -1.89. The fourth-order valence-electron chi connectivity index (χ4n) is 2.95. The quantitative estimate of drug-likeness (QED) is 0.214. The van der Waals surface area contributed by atoms with Crippen LogP contribution in [0.2, 0.25) is 0 Å². The minimum absolute atomic E-state index is 0.279. The summed E-state index contributed by atoms with van der Waals surface area (Å²) in [5, 5.41) is 0. The Kier molecular flexibility index (Phi) is 10.5. The molecule has 6 nitrogen and oxygen atoms in total. The summed E-state index contributed by atoms with van der Waals surface area (Å²) in [5.41, 5.74) is 2.49. The molecule has 0 atom stereocenters. The van der Waals surface area contributed by atoms with Gasteiger partial charge in [0.05, 0.1) is 0 Å². The smallest absolute Gasteiger partial charge is 0.331 e. The van der Waals surface area contributed by atoms with E-state index in [-0.39, 0.29) is 13.2 Å². The van der Waals surface area contributed by atoms with Crippen LogP contribution in [0, 0.1) is 0 Å². The zero-order chi connectivity index (χ0) is 25.4. The van der Waals surface area contributed by atoms with Gasteiger partial charge in [0.25, 0.3) is 0 Å². The molecule has 182 valence electrons. The van der Waals surface area contributed by atoms with Gasteiger partial charge in [0.15, 0.2) is 6.10 Å². The van der Waals surface area contributed by atoms with Gasteiger partial charge < -0.3 is 14.2 Å². The molecule has 0 unspecified atom stereocenters. The second-order valence-corrected chi connectivity index (χ2v) is 7.55. The molecular formula is C30H26O6. The van der Waals surface area contributed by atoms with E-state index >= 15 is 0 Å². The number of carbonyl (C=O) groups excluding carboxylic acids is 3. The van der Waals surface area contributed by atoms with Crippen molar-refractivity contribution >= 4 is 36.1 Å². The van der Waals surface area contributed by atoms with E-state index < -0.39 is 24.0 Å². The summed E-state index contributed by atoms with van der Waals surface area (Å²) in [6, 6.07) is 27.8. The average Bonchev–Trinajstić information content (AvgIpc) is 2.92. The molecule has 0 fully saturated rings. The summed E-state index contributed by atoms with van der Waals surface area (Å²) in [4.78, 5) is 36.6. The molecule has 0 bridgehead atoms. The number of benzene rings is 3. The van der Waals surface area contributed by atoms with Crippen molar-refractivity contribution in [1.29, 1.82) is 0 Å². The van der Waals surface area contributed by atoms with Gasteiger partial charge in [-0.05, 0) is 34.9 Å². The molecule has 0 N–H and O–H groups in total. The average molecular weight is 483 g/mol. The molecule has 0 aliphatic rings. The highest BCUT2D eigenvalue weighted by Crippen LogP contribution is 2.06. The first kappa shape index (κ1) is 25.9. The molecule has 3 rings (SSSR count). The number of hydrogen-bond donors (Lipinski definition) is 0. The third-order valence-corrected chi connectivity index (χ3v) is 4.74. The Morgan fingerprint density at radius 2 is 0.861 bits per heavy atom. The standard InChI is InChI=1S/C30H26O6/c31-28(19-16-24-10-4-1-5-11-24)34-22-27(36-30(33)21-18-26-14-8-3-9-15-26)23-35-29(32)20-17-25-12-6-2-7-13-25/h1-21,27H,22-23H2/b19-16+,20-17+,21-18-. The lowest BCUT2D eigenvalue weighted by molar-refractivity contribution is -0.160. The van der Waals surface area contributed by atoms with Gasteiger partial charge in [0.2, 0.25) is 0 Å². The van der Waals surface area contributed by atoms with Crippen molar-refractivity contribution in [1.82, 2.24) is 0 Å². The first-order valence-corrected chi connectivity index (χ1v) is 11.3. The van der Waals surface area contributed by atoms with Crippen LogP contribution in [0.4, 0.5) is 0 Å². The Morgan fingerprint density at radius 3 is 1.22 bits per heavy atom. The monoisotopic (exact) mass is 482 g/mol. The zero-order valence-electron chi connectivity index (χ0n) is 19.6. The van der Waals surface area contributed by atoms with E-state index in [9.17, 15) is 14.4 Å². The molecule has 0 amide bonds. The molecule has 0 radical (unpaired) electrons. The minimum atomic E-state index is -0.985. The first-order chi connectivity index (χ1) is 17.6. The molecule has 0 saturated heterocycles. The van der Waals surface area contributed by atoms with Crippen LogP contribution in [0.15, 0.2) is 109 Å². The van der Waals surface area contributed by atoms with Crippen molar-refractivity contribution in [2.45, 2.75) is 6.10 Å². The molecule has 3 aromatic carbocycles. The van der Waals surface area contributed by atoms with Crippen molar-refractivity contribution in [3.8, 4) is 0 Å². The minimum Gasteiger partial charge on any atom is -0.458 e. The molecule has 0 aliphatic heterocycles. The number of ether oxygens (including phenoxy) is 3. The van der Waals surface area contributed by atoms with Crippen molar-refractivity contribution in [2.75, 3.05) is 13.2 Å². The largest absolute Gasteiger partial charge is 0.458 e. The van der Waals surface area contributed by atoms with Gasteiger partial charge in [0.1, 0.15) is 13.2 Å². The van der Waals surface area contributed by atoms with Gasteiger partial charge in [-0.25, -0.2) is 14.4 Å². The fraction of sp³-hybridized carbons (Fsp3) is 0.100. The van der Waals surface area contributed by atoms with E-state index in [1.54, 1.807) is 18.2 Å². The Morgan fingerprint density at radius 1 is 0.528 bits per heavy atom. The predicted octanol–water partition coefficient (Wildman–Crippen LogP) is 5.12. The highest BCUT2D eigenvalue weighted by atomic mass is 16.6.